The van der Waals surface area contributed by atoms with Crippen molar-refractivity contribution in [2.75, 3.05) is 6.54 Å². The lowest BCUT2D eigenvalue weighted by molar-refractivity contribution is 0.0921. The van der Waals surface area contributed by atoms with E-state index in [0.29, 0.717) is 5.56 Å². The predicted octanol–water partition coefficient (Wildman–Crippen LogP) is 0.404. The molecule has 0 spiro atoms. The van der Waals surface area contributed by atoms with Gasteiger partial charge < -0.3 is 15.4 Å². The summed E-state index contributed by atoms with van der Waals surface area (Å²) in [6, 6.07) is 6.15. The summed E-state index contributed by atoms with van der Waals surface area (Å²) < 4.78 is 0. The number of phenols is 1. The van der Waals surface area contributed by atoms with Gasteiger partial charge in [-0.3, -0.25) is 0 Å². The van der Waals surface area contributed by atoms with Crippen LogP contribution in [0.5, 0.6) is 5.75 Å². The number of phenolic OH excluding ortho intramolecular Hbond substituents is 1. The third kappa shape index (κ3) is 2.20. The first kappa shape index (κ1) is 8.99. The maximum atomic E-state index is 9.31. The molecule has 0 aromatic heterocycles. The van der Waals surface area contributed by atoms with Crippen LogP contribution in [0.25, 0.3) is 0 Å². The van der Waals surface area contributed by atoms with Crippen molar-refractivity contribution in [1.82, 2.24) is 5.48 Å². The van der Waals surface area contributed by atoms with Gasteiger partial charge in [-0.25, -0.2) is 5.48 Å². The molecule has 0 amide bonds. The first-order valence-electron chi connectivity index (χ1n) is 3.58. The minimum absolute atomic E-state index is 0.0742. The van der Waals surface area contributed by atoms with Crippen LogP contribution in [0.2, 0.25) is 0 Å². The molecule has 1 atom stereocenters. The summed E-state index contributed by atoms with van der Waals surface area (Å²) in [5.74, 6) is 0.155. The molecule has 4 heteroatoms. The fourth-order valence-electron chi connectivity index (χ4n) is 0.901. The summed E-state index contributed by atoms with van der Waals surface area (Å²) >= 11 is 0. The number of hydrogen-bond acceptors (Lipinski definition) is 4. The monoisotopic (exact) mass is 169 g/mol. The standard InChI is InChI=1S/C8H11NO3/c10-7-3-1-6(2-4-7)8(11)5-9-12/h1-4,8-12H,5H2. The molecule has 0 radical (unpaired) electrons. The fraction of sp³-hybridized carbons (Fsp3) is 0.250. The molecule has 0 fully saturated rings. The minimum Gasteiger partial charge on any atom is -0.508 e. The summed E-state index contributed by atoms with van der Waals surface area (Å²) in [4.78, 5) is 0. The van der Waals surface area contributed by atoms with Gasteiger partial charge in [0.1, 0.15) is 5.75 Å². The Morgan fingerprint density at radius 1 is 1.25 bits per heavy atom. The van der Waals surface area contributed by atoms with Gasteiger partial charge in [-0.1, -0.05) is 12.1 Å². The van der Waals surface area contributed by atoms with Crippen LogP contribution in [-0.4, -0.2) is 22.0 Å². The first-order chi connectivity index (χ1) is 5.74. The maximum Gasteiger partial charge on any atom is 0.115 e. The van der Waals surface area contributed by atoms with Gasteiger partial charge in [0.25, 0.3) is 0 Å². The van der Waals surface area contributed by atoms with Gasteiger partial charge in [-0.2, -0.15) is 0 Å². The highest BCUT2D eigenvalue weighted by atomic mass is 16.5. The normalized spacial score (nSPS) is 12.8. The smallest absolute Gasteiger partial charge is 0.115 e. The van der Waals surface area contributed by atoms with Gasteiger partial charge >= 0.3 is 0 Å². The maximum absolute atomic E-state index is 9.31. The molecular weight excluding hydrogens is 158 g/mol. The number of hydroxylamine groups is 1. The molecule has 0 heterocycles. The van der Waals surface area contributed by atoms with Crippen LogP contribution in [0, 0.1) is 0 Å². The molecule has 4 N–H and O–H groups in total. The van der Waals surface area contributed by atoms with E-state index >= 15 is 0 Å². The summed E-state index contributed by atoms with van der Waals surface area (Å²) in [7, 11) is 0. The Balaban J connectivity index is 2.68. The average molecular weight is 169 g/mol. The largest absolute Gasteiger partial charge is 0.508 e. The molecule has 0 aliphatic heterocycles. The van der Waals surface area contributed by atoms with E-state index in [1.165, 1.54) is 12.1 Å². The van der Waals surface area contributed by atoms with Gasteiger partial charge in [0.15, 0.2) is 0 Å². The zero-order valence-corrected chi connectivity index (χ0v) is 6.44. The number of rotatable bonds is 3. The molecule has 12 heavy (non-hydrogen) atoms. The summed E-state index contributed by atoms with van der Waals surface area (Å²) in [5.41, 5.74) is 2.52. The second kappa shape index (κ2) is 4.06. The molecule has 0 saturated heterocycles. The van der Waals surface area contributed by atoms with E-state index in [9.17, 15) is 5.11 Å². The molecule has 0 aliphatic carbocycles. The van der Waals surface area contributed by atoms with Gasteiger partial charge in [-0.15, -0.1) is 0 Å². The van der Waals surface area contributed by atoms with Crippen molar-refractivity contribution >= 4 is 0 Å². The third-order valence-electron chi connectivity index (χ3n) is 1.56. The van der Waals surface area contributed by atoms with Gasteiger partial charge in [0, 0.05) is 0 Å². The van der Waals surface area contributed by atoms with E-state index in [4.69, 9.17) is 10.3 Å². The molecule has 0 bridgehead atoms. The highest BCUT2D eigenvalue weighted by Crippen LogP contribution is 2.15. The number of aromatic hydroxyl groups is 1. The van der Waals surface area contributed by atoms with Crippen molar-refractivity contribution in [1.29, 1.82) is 0 Å². The number of hydrogen-bond donors (Lipinski definition) is 4. The third-order valence-corrected chi connectivity index (χ3v) is 1.56. The van der Waals surface area contributed by atoms with Crippen molar-refractivity contribution in [2.45, 2.75) is 6.10 Å². The molecule has 66 valence electrons. The lowest BCUT2D eigenvalue weighted by atomic mass is 10.1. The van der Waals surface area contributed by atoms with E-state index < -0.39 is 6.10 Å². The molecule has 1 rings (SSSR count). The molecule has 0 saturated carbocycles. The molecule has 4 nitrogen and oxygen atoms in total. The van der Waals surface area contributed by atoms with Crippen molar-refractivity contribution in [2.24, 2.45) is 0 Å². The van der Waals surface area contributed by atoms with Crippen LogP contribution in [0.4, 0.5) is 0 Å². The first-order valence-corrected chi connectivity index (χ1v) is 3.58. The van der Waals surface area contributed by atoms with E-state index in [-0.39, 0.29) is 12.3 Å². The SMILES string of the molecule is ONCC(O)c1ccc(O)cc1. The second-order valence-corrected chi connectivity index (χ2v) is 2.47. The van der Waals surface area contributed by atoms with Crippen molar-refractivity contribution in [3.8, 4) is 5.75 Å². The number of benzene rings is 1. The van der Waals surface area contributed by atoms with E-state index in [1.807, 2.05) is 5.48 Å². The number of aliphatic hydroxyl groups is 1. The Morgan fingerprint density at radius 3 is 2.33 bits per heavy atom. The Morgan fingerprint density at radius 2 is 1.83 bits per heavy atom. The number of nitrogens with one attached hydrogen (secondary N) is 1. The highest BCUT2D eigenvalue weighted by Gasteiger charge is 2.05. The summed E-state index contributed by atoms with van der Waals surface area (Å²) in [6.07, 6.45) is -0.754. The van der Waals surface area contributed by atoms with Crippen molar-refractivity contribution in [3.05, 3.63) is 29.8 Å². The van der Waals surface area contributed by atoms with Crippen molar-refractivity contribution in [3.63, 3.8) is 0 Å². The quantitative estimate of drug-likeness (QED) is 0.494. The number of aliphatic hydroxyl groups excluding tert-OH is 1. The topological polar surface area (TPSA) is 72.7 Å². The van der Waals surface area contributed by atoms with Gasteiger partial charge in [0.05, 0.1) is 12.6 Å². The Bertz CT molecular complexity index is 235. The summed E-state index contributed by atoms with van der Waals surface area (Å²) in [5, 5.41) is 26.5. The lowest BCUT2D eigenvalue weighted by Crippen LogP contribution is -2.17. The molecule has 1 unspecified atom stereocenters. The zero-order chi connectivity index (χ0) is 8.97. The Hall–Kier alpha value is -1.10. The average Bonchev–Trinajstić information content (AvgIpc) is 2.06. The van der Waals surface area contributed by atoms with Crippen LogP contribution in [0.1, 0.15) is 11.7 Å². The Labute approximate surface area is 70.0 Å². The molecule has 1 aromatic carbocycles. The molecule has 0 aliphatic rings. The van der Waals surface area contributed by atoms with Crippen LogP contribution in [-0.2, 0) is 0 Å². The van der Waals surface area contributed by atoms with Crippen LogP contribution in [0.15, 0.2) is 24.3 Å². The fourth-order valence-corrected chi connectivity index (χ4v) is 0.901. The van der Waals surface area contributed by atoms with Crippen LogP contribution < -0.4 is 5.48 Å². The predicted molar refractivity (Wildman–Crippen MR) is 42.9 cm³/mol. The lowest BCUT2D eigenvalue weighted by Gasteiger charge is -2.08. The van der Waals surface area contributed by atoms with Gasteiger partial charge in [0.2, 0.25) is 0 Å². The summed E-state index contributed by atoms with van der Waals surface area (Å²) in [6.45, 7) is 0.0742. The zero-order valence-electron chi connectivity index (χ0n) is 6.44. The van der Waals surface area contributed by atoms with Gasteiger partial charge in [-0.05, 0) is 17.7 Å². The highest BCUT2D eigenvalue weighted by molar-refractivity contribution is 5.27. The molecule has 1 aromatic rings. The van der Waals surface area contributed by atoms with E-state index in [2.05, 4.69) is 0 Å². The second-order valence-electron chi connectivity index (χ2n) is 2.47. The van der Waals surface area contributed by atoms with Crippen molar-refractivity contribution < 1.29 is 15.4 Å². The van der Waals surface area contributed by atoms with E-state index in [1.54, 1.807) is 12.1 Å². The van der Waals surface area contributed by atoms with E-state index in [0.717, 1.165) is 0 Å². The van der Waals surface area contributed by atoms with Crippen LogP contribution in [0.3, 0.4) is 0 Å². The Kier molecular flexibility index (Phi) is 3.04. The minimum atomic E-state index is -0.754. The van der Waals surface area contributed by atoms with Crippen LogP contribution >= 0.6 is 0 Å². The molecular formula is C8H11NO3.